The number of hydrogen-bond donors (Lipinski definition) is 1. The lowest BCUT2D eigenvalue weighted by atomic mass is 10.0. The van der Waals surface area contributed by atoms with Crippen molar-refractivity contribution in [1.29, 1.82) is 0 Å². The SMILES string of the molecule is CCOC(=O)N1CCC(NC(=O)c2cnc(-c3ccccc3)nc2C)CC1. The van der Waals surface area contributed by atoms with Crippen molar-refractivity contribution in [3.8, 4) is 11.4 Å². The van der Waals surface area contributed by atoms with E-state index in [0.717, 1.165) is 5.56 Å². The van der Waals surface area contributed by atoms with Gasteiger partial charge in [0, 0.05) is 30.9 Å². The first-order valence-electron chi connectivity index (χ1n) is 9.20. The quantitative estimate of drug-likeness (QED) is 0.897. The van der Waals surface area contributed by atoms with Gasteiger partial charge < -0.3 is 15.0 Å². The highest BCUT2D eigenvalue weighted by Crippen LogP contribution is 2.17. The minimum absolute atomic E-state index is 0.0244. The maximum Gasteiger partial charge on any atom is 0.409 e. The molecule has 0 unspecified atom stereocenters. The van der Waals surface area contributed by atoms with Gasteiger partial charge in [0.15, 0.2) is 5.82 Å². The molecule has 1 aromatic carbocycles. The molecular weight excluding hydrogens is 344 g/mol. The minimum atomic E-state index is -0.289. The van der Waals surface area contributed by atoms with Crippen molar-refractivity contribution in [3.63, 3.8) is 0 Å². The first-order valence-corrected chi connectivity index (χ1v) is 9.20. The third-order valence-electron chi connectivity index (χ3n) is 4.61. The molecule has 0 spiro atoms. The fourth-order valence-electron chi connectivity index (χ4n) is 3.10. The number of likely N-dealkylation sites (tertiary alicyclic amines) is 1. The number of aromatic nitrogens is 2. The van der Waals surface area contributed by atoms with E-state index in [0.29, 0.717) is 49.6 Å². The number of piperidine rings is 1. The molecule has 1 aliphatic rings. The molecule has 2 heterocycles. The number of carbonyl (C=O) groups excluding carboxylic acids is 2. The van der Waals surface area contributed by atoms with Gasteiger partial charge in [-0.25, -0.2) is 14.8 Å². The van der Waals surface area contributed by atoms with Crippen molar-refractivity contribution < 1.29 is 14.3 Å². The number of carbonyl (C=O) groups is 2. The topological polar surface area (TPSA) is 84.4 Å². The summed E-state index contributed by atoms with van der Waals surface area (Å²) in [5, 5.41) is 3.03. The summed E-state index contributed by atoms with van der Waals surface area (Å²) in [6, 6.07) is 9.69. The Kier molecular flexibility index (Phi) is 6.01. The summed E-state index contributed by atoms with van der Waals surface area (Å²) >= 11 is 0. The maximum atomic E-state index is 12.6. The minimum Gasteiger partial charge on any atom is -0.450 e. The lowest BCUT2D eigenvalue weighted by Gasteiger charge is -2.31. The summed E-state index contributed by atoms with van der Waals surface area (Å²) in [5.41, 5.74) is 2.03. The van der Waals surface area contributed by atoms with Crippen LogP contribution in [0.5, 0.6) is 0 Å². The highest BCUT2D eigenvalue weighted by atomic mass is 16.6. The van der Waals surface area contributed by atoms with Crippen LogP contribution in [0.25, 0.3) is 11.4 Å². The van der Waals surface area contributed by atoms with Crippen LogP contribution in [-0.2, 0) is 4.74 Å². The molecule has 2 amide bonds. The van der Waals surface area contributed by atoms with Gasteiger partial charge >= 0.3 is 6.09 Å². The first kappa shape index (κ1) is 18.8. The van der Waals surface area contributed by atoms with E-state index < -0.39 is 0 Å². The van der Waals surface area contributed by atoms with E-state index >= 15 is 0 Å². The summed E-state index contributed by atoms with van der Waals surface area (Å²) in [4.78, 5) is 34.8. The van der Waals surface area contributed by atoms with Gasteiger partial charge in [0.1, 0.15) is 0 Å². The second-order valence-electron chi connectivity index (χ2n) is 6.49. The second-order valence-corrected chi connectivity index (χ2v) is 6.49. The van der Waals surface area contributed by atoms with Gasteiger partial charge in [0.25, 0.3) is 5.91 Å². The summed E-state index contributed by atoms with van der Waals surface area (Å²) < 4.78 is 5.01. The smallest absolute Gasteiger partial charge is 0.409 e. The number of rotatable bonds is 4. The Morgan fingerprint density at radius 2 is 1.93 bits per heavy atom. The van der Waals surface area contributed by atoms with Crippen molar-refractivity contribution in [1.82, 2.24) is 20.2 Å². The van der Waals surface area contributed by atoms with E-state index in [1.165, 1.54) is 0 Å². The van der Waals surface area contributed by atoms with E-state index in [1.807, 2.05) is 37.3 Å². The monoisotopic (exact) mass is 368 g/mol. The molecule has 142 valence electrons. The highest BCUT2D eigenvalue weighted by molar-refractivity contribution is 5.95. The number of hydrogen-bond acceptors (Lipinski definition) is 5. The lowest BCUT2D eigenvalue weighted by molar-refractivity contribution is 0.0859. The van der Waals surface area contributed by atoms with Gasteiger partial charge in [0.2, 0.25) is 0 Å². The zero-order chi connectivity index (χ0) is 19.2. The predicted octanol–water partition coefficient (Wildman–Crippen LogP) is 2.80. The van der Waals surface area contributed by atoms with Crippen LogP contribution < -0.4 is 5.32 Å². The van der Waals surface area contributed by atoms with E-state index in [1.54, 1.807) is 18.0 Å². The van der Waals surface area contributed by atoms with Crippen LogP contribution in [0.15, 0.2) is 36.5 Å². The van der Waals surface area contributed by atoms with Crippen molar-refractivity contribution in [2.24, 2.45) is 0 Å². The van der Waals surface area contributed by atoms with Gasteiger partial charge in [-0.05, 0) is 26.7 Å². The van der Waals surface area contributed by atoms with Crippen molar-refractivity contribution >= 4 is 12.0 Å². The van der Waals surface area contributed by atoms with Crippen LogP contribution in [0.3, 0.4) is 0 Å². The molecule has 0 radical (unpaired) electrons. The number of ether oxygens (including phenoxy) is 1. The normalized spacial score (nSPS) is 14.7. The molecule has 1 saturated heterocycles. The van der Waals surface area contributed by atoms with Crippen LogP contribution in [-0.4, -0.2) is 52.6 Å². The zero-order valence-corrected chi connectivity index (χ0v) is 15.6. The summed E-state index contributed by atoms with van der Waals surface area (Å²) in [7, 11) is 0. The van der Waals surface area contributed by atoms with Crippen LogP contribution in [0.1, 0.15) is 35.8 Å². The molecule has 0 saturated carbocycles. The fraction of sp³-hybridized carbons (Fsp3) is 0.400. The fourth-order valence-corrected chi connectivity index (χ4v) is 3.10. The van der Waals surface area contributed by atoms with Crippen LogP contribution in [0.2, 0.25) is 0 Å². The van der Waals surface area contributed by atoms with Crippen molar-refractivity contribution in [3.05, 3.63) is 47.8 Å². The van der Waals surface area contributed by atoms with E-state index in [4.69, 9.17) is 4.74 Å². The number of benzene rings is 1. The Labute approximate surface area is 158 Å². The average Bonchev–Trinajstić information content (AvgIpc) is 2.69. The van der Waals surface area contributed by atoms with Gasteiger partial charge in [-0.1, -0.05) is 30.3 Å². The largest absolute Gasteiger partial charge is 0.450 e. The van der Waals surface area contributed by atoms with Gasteiger partial charge in [0.05, 0.1) is 17.9 Å². The molecule has 27 heavy (non-hydrogen) atoms. The molecule has 1 N–H and O–H groups in total. The molecule has 1 aromatic heterocycles. The summed E-state index contributed by atoms with van der Waals surface area (Å²) in [6.07, 6.45) is 2.69. The van der Waals surface area contributed by atoms with Crippen LogP contribution in [0.4, 0.5) is 4.79 Å². The Balaban J connectivity index is 1.60. The van der Waals surface area contributed by atoms with E-state index in [2.05, 4.69) is 15.3 Å². The third-order valence-corrected chi connectivity index (χ3v) is 4.61. The van der Waals surface area contributed by atoms with E-state index in [-0.39, 0.29) is 18.0 Å². The average molecular weight is 368 g/mol. The van der Waals surface area contributed by atoms with Gasteiger partial charge in [-0.3, -0.25) is 4.79 Å². The van der Waals surface area contributed by atoms with Gasteiger partial charge in [-0.2, -0.15) is 0 Å². The molecule has 7 nitrogen and oxygen atoms in total. The molecule has 1 fully saturated rings. The summed E-state index contributed by atoms with van der Waals surface area (Å²) in [6.45, 7) is 5.12. The first-order chi connectivity index (χ1) is 13.1. The second kappa shape index (κ2) is 8.62. The Hall–Kier alpha value is -2.96. The molecule has 0 atom stereocenters. The molecule has 7 heteroatoms. The third kappa shape index (κ3) is 4.61. The van der Waals surface area contributed by atoms with Gasteiger partial charge in [-0.15, -0.1) is 0 Å². The molecule has 2 aromatic rings. The van der Waals surface area contributed by atoms with Crippen molar-refractivity contribution in [2.45, 2.75) is 32.7 Å². The zero-order valence-electron chi connectivity index (χ0n) is 15.6. The van der Waals surface area contributed by atoms with Crippen molar-refractivity contribution in [2.75, 3.05) is 19.7 Å². The Morgan fingerprint density at radius 1 is 1.22 bits per heavy atom. The van der Waals surface area contributed by atoms with Crippen LogP contribution in [0, 0.1) is 6.92 Å². The molecule has 0 bridgehead atoms. The molecular formula is C20H24N4O3. The molecule has 3 rings (SSSR count). The number of nitrogens with zero attached hydrogens (tertiary/aromatic N) is 3. The van der Waals surface area contributed by atoms with E-state index in [9.17, 15) is 9.59 Å². The highest BCUT2D eigenvalue weighted by Gasteiger charge is 2.25. The number of nitrogens with one attached hydrogen (secondary N) is 1. The standard InChI is InChI=1S/C20H24N4O3/c1-3-27-20(26)24-11-9-16(10-12-24)23-19(25)17-13-21-18(22-14(17)2)15-7-5-4-6-8-15/h4-8,13,16H,3,9-12H2,1-2H3,(H,23,25). The predicted molar refractivity (Wildman–Crippen MR) is 101 cm³/mol. The molecule has 1 aliphatic heterocycles. The Bertz CT molecular complexity index is 802. The Morgan fingerprint density at radius 3 is 2.56 bits per heavy atom. The number of aryl methyl sites for hydroxylation is 1. The molecule has 0 aliphatic carbocycles. The number of amides is 2. The maximum absolute atomic E-state index is 12.6. The lowest BCUT2D eigenvalue weighted by Crippen LogP contribution is -2.46. The summed E-state index contributed by atoms with van der Waals surface area (Å²) in [5.74, 6) is 0.425. The van der Waals surface area contributed by atoms with Crippen LogP contribution >= 0.6 is 0 Å².